The molecule has 1 amide bonds. The van der Waals surface area contributed by atoms with Crippen molar-refractivity contribution < 1.29 is 13.6 Å². The number of amides is 1. The number of hydrogen-bond donors (Lipinski definition) is 2. The molecule has 2 heterocycles. The van der Waals surface area contributed by atoms with Gasteiger partial charge in [-0.05, 0) is 6.42 Å². The molecule has 1 aliphatic heterocycles. The number of imidazole rings is 1. The van der Waals surface area contributed by atoms with Gasteiger partial charge in [-0.15, -0.1) is 0 Å². The van der Waals surface area contributed by atoms with Crippen LogP contribution in [-0.4, -0.2) is 22.0 Å². The molecular weight excluding hydrogens is 254 g/mol. The van der Waals surface area contributed by atoms with Crippen molar-refractivity contribution in [3.05, 3.63) is 23.8 Å². The highest BCUT2D eigenvalue weighted by atomic mass is 19.1. The van der Waals surface area contributed by atoms with Crippen molar-refractivity contribution in [1.82, 2.24) is 14.9 Å². The third-order valence-corrected chi connectivity index (χ3v) is 3.35. The molecule has 7 heteroatoms. The van der Waals surface area contributed by atoms with Crippen LogP contribution in [0, 0.1) is 11.6 Å². The van der Waals surface area contributed by atoms with E-state index in [9.17, 15) is 13.6 Å². The first kappa shape index (κ1) is 11.9. The maximum atomic E-state index is 13.6. The number of nitrogens with two attached hydrogens (primary N) is 1. The van der Waals surface area contributed by atoms with E-state index in [1.165, 1.54) is 6.07 Å². The summed E-state index contributed by atoms with van der Waals surface area (Å²) < 4.78 is 28.5. The average molecular weight is 266 g/mol. The standard InChI is InChI=1S/C12H12F2N4O/c13-6-3-8(14)11-9(4-6)18(12(15)17-11)7-1-2-10(19)16-5-7/h3-4,7H,1-2,5H2,(H2,15,17)(H,16,19). The highest BCUT2D eigenvalue weighted by Gasteiger charge is 2.24. The van der Waals surface area contributed by atoms with E-state index in [2.05, 4.69) is 10.3 Å². The second kappa shape index (κ2) is 4.18. The molecule has 0 saturated carbocycles. The summed E-state index contributed by atoms with van der Waals surface area (Å²) >= 11 is 0. The van der Waals surface area contributed by atoms with E-state index in [-0.39, 0.29) is 23.4 Å². The van der Waals surface area contributed by atoms with Gasteiger partial charge in [-0.3, -0.25) is 4.79 Å². The Bertz CT molecular complexity index is 657. The molecule has 1 unspecified atom stereocenters. The highest BCUT2D eigenvalue weighted by Crippen LogP contribution is 2.28. The van der Waals surface area contributed by atoms with Crippen LogP contribution in [0.5, 0.6) is 0 Å². The Labute approximate surface area is 107 Å². The SMILES string of the molecule is Nc1nc2c(F)cc(F)cc2n1C1CCC(=O)NC1. The van der Waals surface area contributed by atoms with Gasteiger partial charge in [-0.25, -0.2) is 13.8 Å². The number of carbonyl (C=O) groups is 1. The van der Waals surface area contributed by atoms with Crippen molar-refractivity contribution in [1.29, 1.82) is 0 Å². The molecule has 0 bridgehead atoms. The van der Waals surface area contributed by atoms with Crippen LogP contribution in [0.2, 0.25) is 0 Å². The third kappa shape index (κ3) is 1.91. The summed E-state index contributed by atoms with van der Waals surface area (Å²) in [5.74, 6) is -1.32. The number of rotatable bonds is 1. The lowest BCUT2D eigenvalue weighted by atomic mass is 10.1. The van der Waals surface area contributed by atoms with Gasteiger partial charge in [-0.1, -0.05) is 0 Å². The summed E-state index contributed by atoms with van der Waals surface area (Å²) in [6, 6.07) is 1.85. The van der Waals surface area contributed by atoms with Crippen LogP contribution >= 0.6 is 0 Å². The summed E-state index contributed by atoms with van der Waals surface area (Å²) in [5.41, 5.74) is 6.16. The minimum Gasteiger partial charge on any atom is -0.369 e. The van der Waals surface area contributed by atoms with Gasteiger partial charge in [0.1, 0.15) is 11.3 Å². The van der Waals surface area contributed by atoms with Crippen LogP contribution in [0.25, 0.3) is 11.0 Å². The maximum absolute atomic E-state index is 13.6. The first-order valence-electron chi connectivity index (χ1n) is 5.95. The smallest absolute Gasteiger partial charge is 0.220 e. The largest absolute Gasteiger partial charge is 0.369 e. The lowest BCUT2D eigenvalue weighted by Crippen LogP contribution is -2.36. The fourth-order valence-electron chi connectivity index (χ4n) is 2.46. The van der Waals surface area contributed by atoms with Gasteiger partial charge in [0, 0.05) is 25.1 Å². The number of halogens is 2. The number of nitrogens with zero attached hydrogens (tertiary/aromatic N) is 2. The minimum absolute atomic E-state index is 0.0309. The van der Waals surface area contributed by atoms with Crippen LogP contribution in [0.15, 0.2) is 12.1 Å². The molecule has 1 aromatic carbocycles. The van der Waals surface area contributed by atoms with Crippen LogP contribution in [0.4, 0.5) is 14.7 Å². The Hall–Kier alpha value is -2.18. The minimum atomic E-state index is -0.736. The number of nitrogen functional groups attached to an aromatic ring is 1. The number of fused-ring (bicyclic) bond motifs is 1. The molecule has 0 radical (unpaired) electrons. The summed E-state index contributed by atoms with van der Waals surface area (Å²) in [7, 11) is 0. The zero-order valence-corrected chi connectivity index (χ0v) is 9.99. The van der Waals surface area contributed by atoms with Gasteiger partial charge >= 0.3 is 0 Å². The monoisotopic (exact) mass is 266 g/mol. The molecule has 2 aromatic rings. The molecule has 19 heavy (non-hydrogen) atoms. The molecule has 1 aromatic heterocycles. The Balaban J connectivity index is 2.12. The molecule has 0 aliphatic carbocycles. The van der Waals surface area contributed by atoms with Gasteiger partial charge in [0.05, 0.1) is 11.6 Å². The molecule has 3 rings (SSSR count). The van der Waals surface area contributed by atoms with Crippen molar-refractivity contribution in [3.63, 3.8) is 0 Å². The molecule has 3 N–H and O–H groups in total. The Morgan fingerprint density at radius 2 is 2.21 bits per heavy atom. The zero-order chi connectivity index (χ0) is 13.6. The normalized spacial score (nSPS) is 19.7. The van der Waals surface area contributed by atoms with Gasteiger partial charge in [0.2, 0.25) is 11.9 Å². The number of piperidine rings is 1. The molecule has 1 atom stereocenters. The second-order valence-corrected chi connectivity index (χ2v) is 4.59. The first-order valence-corrected chi connectivity index (χ1v) is 5.95. The van der Waals surface area contributed by atoms with Gasteiger partial charge in [-0.2, -0.15) is 0 Å². The van der Waals surface area contributed by atoms with Crippen molar-refractivity contribution in [2.45, 2.75) is 18.9 Å². The lowest BCUT2D eigenvalue weighted by molar-refractivity contribution is -0.122. The predicted octanol–water partition coefficient (Wildman–Crippen LogP) is 1.35. The van der Waals surface area contributed by atoms with Gasteiger partial charge in [0.25, 0.3) is 0 Å². The van der Waals surface area contributed by atoms with Gasteiger partial charge < -0.3 is 15.6 Å². The number of nitrogens with one attached hydrogen (secondary N) is 1. The second-order valence-electron chi connectivity index (χ2n) is 4.59. The average Bonchev–Trinajstić information content (AvgIpc) is 2.67. The fourth-order valence-corrected chi connectivity index (χ4v) is 2.46. The summed E-state index contributed by atoms with van der Waals surface area (Å²) in [4.78, 5) is 15.1. The molecule has 1 saturated heterocycles. The van der Waals surface area contributed by atoms with Crippen LogP contribution in [0.3, 0.4) is 0 Å². The van der Waals surface area contributed by atoms with E-state index < -0.39 is 11.6 Å². The molecule has 100 valence electrons. The first-order chi connectivity index (χ1) is 9.06. The maximum Gasteiger partial charge on any atom is 0.220 e. The Morgan fingerprint density at radius 3 is 2.89 bits per heavy atom. The van der Waals surface area contributed by atoms with E-state index in [1.807, 2.05) is 0 Å². The zero-order valence-electron chi connectivity index (χ0n) is 9.99. The molecule has 5 nitrogen and oxygen atoms in total. The van der Waals surface area contributed by atoms with Crippen molar-refractivity contribution in [2.24, 2.45) is 0 Å². The topological polar surface area (TPSA) is 72.9 Å². The summed E-state index contributed by atoms with van der Waals surface area (Å²) in [5, 5.41) is 2.71. The van der Waals surface area contributed by atoms with Crippen LogP contribution < -0.4 is 11.1 Å². The van der Waals surface area contributed by atoms with Crippen molar-refractivity contribution >= 4 is 22.9 Å². The van der Waals surface area contributed by atoms with E-state index in [1.54, 1.807) is 4.57 Å². The number of carbonyl (C=O) groups excluding carboxylic acids is 1. The van der Waals surface area contributed by atoms with E-state index in [0.29, 0.717) is 24.9 Å². The molecule has 0 spiro atoms. The van der Waals surface area contributed by atoms with Gasteiger partial charge in [0.15, 0.2) is 5.82 Å². The molecule has 1 aliphatic rings. The summed E-state index contributed by atoms with van der Waals surface area (Å²) in [6.07, 6.45) is 0.932. The molecular formula is C12H12F2N4O. The van der Waals surface area contributed by atoms with E-state index in [0.717, 1.165) is 6.07 Å². The fraction of sp³-hybridized carbons (Fsp3) is 0.333. The number of anilines is 1. The number of benzene rings is 1. The van der Waals surface area contributed by atoms with Crippen molar-refractivity contribution in [3.8, 4) is 0 Å². The third-order valence-electron chi connectivity index (χ3n) is 3.35. The summed E-state index contributed by atoms with van der Waals surface area (Å²) in [6.45, 7) is 0.382. The predicted molar refractivity (Wildman–Crippen MR) is 65.3 cm³/mol. The highest BCUT2D eigenvalue weighted by molar-refractivity contribution is 5.80. The van der Waals surface area contributed by atoms with E-state index >= 15 is 0 Å². The quantitative estimate of drug-likeness (QED) is 0.818. The lowest BCUT2D eigenvalue weighted by Gasteiger charge is -2.25. The Morgan fingerprint density at radius 1 is 1.42 bits per heavy atom. The van der Waals surface area contributed by atoms with Crippen LogP contribution in [0.1, 0.15) is 18.9 Å². The Kier molecular flexibility index (Phi) is 2.62. The van der Waals surface area contributed by atoms with E-state index in [4.69, 9.17) is 5.73 Å². The number of hydrogen-bond acceptors (Lipinski definition) is 3. The number of aromatic nitrogens is 2. The van der Waals surface area contributed by atoms with Crippen molar-refractivity contribution in [2.75, 3.05) is 12.3 Å². The van der Waals surface area contributed by atoms with Crippen LogP contribution in [-0.2, 0) is 4.79 Å². The molecule has 1 fully saturated rings.